The van der Waals surface area contributed by atoms with Crippen molar-refractivity contribution < 1.29 is 0 Å². The predicted molar refractivity (Wildman–Crippen MR) is 125 cm³/mol. The van der Waals surface area contributed by atoms with Gasteiger partial charge < -0.3 is 27.0 Å². The highest BCUT2D eigenvalue weighted by Crippen LogP contribution is 2.21. The van der Waals surface area contributed by atoms with Gasteiger partial charge in [-0.2, -0.15) is 0 Å². The molecule has 6 N–H and O–H groups in total. The molecule has 0 atom stereocenters. The fourth-order valence-corrected chi connectivity index (χ4v) is 3.53. The van der Waals surface area contributed by atoms with Crippen molar-refractivity contribution in [3.8, 4) is 0 Å². The van der Waals surface area contributed by atoms with Gasteiger partial charge in [0.25, 0.3) is 0 Å². The first-order valence-electron chi connectivity index (χ1n) is 11.4. The summed E-state index contributed by atoms with van der Waals surface area (Å²) in [7, 11) is 4.27. The van der Waals surface area contributed by atoms with Crippen LogP contribution in [0.4, 0.5) is 0 Å². The molecule has 0 saturated carbocycles. The molecular weight excluding hydrogens is 348 g/mol. The molecule has 0 aliphatic carbocycles. The Morgan fingerprint density at radius 3 is 1.96 bits per heavy atom. The Bertz CT molecular complexity index is 357. The normalized spacial score (nSPS) is 13.1. The van der Waals surface area contributed by atoms with E-state index >= 15 is 0 Å². The van der Waals surface area contributed by atoms with Crippen molar-refractivity contribution in [2.24, 2.45) is 11.5 Å². The third-order valence-corrected chi connectivity index (χ3v) is 5.57. The Balaban J connectivity index is 4.37. The van der Waals surface area contributed by atoms with E-state index in [0.717, 1.165) is 71.6 Å². The van der Waals surface area contributed by atoms with Crippen molar-refractivity contribution in [1.82, 2.24) is 20.4 Å². The maximum atomic E-state index is 5.80. The van der Waals surface area contributed by atoms with Crippen LogP contribution in [0.2, 0.25) is 0 Å². The molecule has 0 heterocycles. The van der Waals surface area contributed by atoms with Crippen molar-refractivity contribution in [1.29, 1.82) is 0 Å². The van der Waals surface area contributed by atoms with Gasteiger partial charge in [0.1, 0.15) is 0 Å². The van der Waals surface area contributed by atoms with E-state index in [1.165, 1.54) is 19.3 Å². The Morgan fingerprint density at radius 1 is 0.714 bits per heavy atom. The lowest BCUT2D eigenvalue weighted by Gasteiger charge is -2.40. The van der Waals surface area contributed by atoms with Crippen molar-refractivity contribution in [2.45, 2.75) is 77.3 Å². The van der Waals surface area contributed by atoms with Crippen LogP contribution < -0.4 is 22.1 Å². The van der Waals surface area contributed by atoms with Gasteiger partial charge in [-0.3, -0.25) is 4.90 Å². The van der Waals surface area contributed by atoms with Crippen LogP contribution in [0.1, 0.15) is 66.2 Å². The van der Waals surface area contributed by atoms with Crippen LogP contribution in [0, 0.1) is 0 Å². The predicted octanol–water partition coefficient (Wildman–Crippen LogP) is 1.84. The minimum atomic E-state index is 0.189. The van der Waals surface area contributed by atoms with Gasteiger partial charge in [-0.1, -0.05) is 0 Å². The lowest BCUT2D eigenvalue weighted by atomic mass is 9.94. The van der Waals surface area contributed by atoms with Crippen LogP contribution in [-0.2, 0) is 0 Å². The van der Waals surface area contributed by atoms with Crippen LogP contribution >= 0.6 is 0 Å². The van der Waals surface area contributed by atoms with Crippen LogP contribution in [-0.4, -0.2) is 87.3 Å². The van der Waals surface area contributed by atoms with Crippen LogP contribution in [0.25, 0.3) is 0 Å². The van der Waals surface area contributed by atoms with Gasteiger partial charge in [0.05, 0.1) is 0 Å². The second kappa shape index (κ2) is 15.6. The number of nitrogens with two attached hydrogens (primary N) is 2. The first kappa shape index (κ1) is 27.8. The highest BCUT2D eigenvalue weighted by molar-refractivity contribution is 4.84. The lowest BCUT2D eigenvalue weighted by Crippen LogP contribution is -2.48. The number of rotatable bonds is 19. The molecule has 6 heteroatoms. The van der Waals surface area contributed by atoms with Crippen molar-refractivity contribution in [2.75, 3.05) is 66.5 Å². The molecule has 0 aromatic heterocycles. The van der Waals surface area contributed by atoms with E-state index in [9.17, 15) is 0 Å². The average Bonchev–Trinajstić information content (AvgIpc) is 2.61. The molecule has 0 unspecified atom stereocenters. The summed E-state index contributed by atoms with van der Waals surface area (Å²) in [5.41, 5.74) is 11.8. The van der Waals surface area contributed by atoms with E-state index < -0.39 is 0 Å². The molecule has 0 saturated heterocycles. The van der Waals surface area contributed by atoms with E-state index in [1.807, 2.05) is 0 Å². The molecule has 28 heavy (non-hydrogen) atoms. The number of hydrogen-bond acceptors (Lipinski definition) is 6. The third kappa shape index (κ3) is 14.7. The average molecular weight is 401 g/mol. The Hall–Kier alpha value is -0.240. The number of nitrogens with zero attached hydrogens (tertiary/aromatic N) is 2. The molecule has 0 radical (unpaired) electrons. The molecule has 0 aromatic carbocycles. The molecule has 0 bridgehead atoms. The minimum absolute atomic E-state index is 0.189. The summed E-state index contributed by atoms with van der Waals surface area (Å²) in [5, 5.41) is 7.26. The molecular formula is C22H52N6. The molecule has 0 rings (SSSR count). The van der Waals surface area contributed by atoms with Crippen molar-refractivity contribution in [3.63, 3.8) is 0 Å². The van der Waals surface area contributed by atoms with Crippen LogP contribution in [0.15, 0.2) is 0 Å². The lowest BCUT2D eigenvalue weighted by molar-refractivity contribution is 0.104. The molecule has 170 valence electrons. The van der Waals surface area contributed by atoms with Gasteiger partial charge in [0, 0.05) is 11.1 Å². The molecule has 0 fully saturated rings. The van der Waals surface area contributed by atoms with Crippen LogP contribution in [0.5, 0.6) is 0 Å². The topological polar surface area (TPSA) is 82.6 Å². The summed E-state index contributed by atoms with van der Waals surface area (Å²) in [5.74, 6) is 0. The molecule has 6 nitrogen and oxygen atoms in total. The van der Waals surface area contributed by atoms with Crippen LogP contribution in [0.3, 0.4) is 0 Å². The SMILES string of the molecule is CN(C)CCCNC(C)(C)CCCN(CCCN)C(C)(C)CCNCCCN. The van der Waals surface area contributed by atoms with Gasteiger partial charge in [0.2, 0.25) is 0 Å². The van der Waals surface area contributed by atoms with E-state index in [4.69, 9.17) is 11.5 Å². The third-order valence-electron chi connectivity index (χ3n) is 5.57. The monoisotopic (exact) mass is 400 g/mol. The second-order valence-electron chi connectivity index (χ2n) is 9.65. The van der Waals surface area contributed by atoms with Gasteiger partial charge >= 0.3 is 0 Å². The summed E-state index contributed by atoms with van der Waals surface area (Å²) >= 11 is 0. The first-order chi connectivity index (χ1) is 13.1. The fourth-order valence-electron chi connectivity index (χ4n) is 3.53. The van der Waals surface area contributed by atoms with Gasteiger partial charge in [-0.05, 0) is 133 Å². The summed E-state index contributed by atoms with van der Waals surface area (Å²) < 4.78 is 0. The minimum Gasteiger partial charge on any atom is -0.330 e. The van der Waals surface area contributed by atoms with Gasteiger partial charge in [0.15, 0.2) is 0 Å². The van der Waals surface area contributed by atoms with Crippen molar-refractivity contribution >= 4 is 0 Å². The molecule has 0 aliphatic rings. The Kier molecular flexibility index (Phi) is 15.4. The quantitative estimate of drug-likeness (QED) is 0.248. The molecule has 0 amide bonds. The number of nitrogens with one attached hydrogen (secondary N) is 2. The first-order valence-corrected chi connectivity index (χ1v) is 11.4. The molecule has 0 spiro atoms. The zero-order chi connectivity index (χ0) is 21.5. The largest absolute Gasteiger partial charge is 0.330 e. The highest BCUT2D eigenvalue weighted by Gasteiger charge is 2.26. The van der Waals surface area contributed by atoms with Gasteiger partial charge in [-0.15, -0.1) is 0 Å². The zero-order valence-corrected chi connectivity index (χ0v) is 19.9. The Labute approximate surface area is 176 Å². The fraction of sp³-hybridized carbons (Fsp3) is 1.00. The molecule has 0 aromatic rings. The summed E-state index contributed by atoms with van der Waals surface area (Å²) in [6.45, 7) is 17.5. The van der Waals surface area contributed by atoms with E-state index in [2.05, 4.69) is 62.2 Å². The summed E-state index contributed by atoms with van der Waals surface area (Å²) in [4.78, 5) is 4.89. The maximum absolute atomic E-state index is 5.80. The van der Waals surface area contributed by atoms with E-state index in [0.29, 0.717) is 0 Å². The molecule has 0 aliphatic heterocycles. The van der Waals surface area contributed by atoms with Crippen molar-refractivity contribution in [3.05, 3.63) is 0 Å². The highest BCUT2D eigenvalue weighted by atomic mass is 15.2. The second-order valence-corrected chi connectivity index (χ2v) is 9.65. The van der Waals surface area contributed by atoms with E-state index in [-0.39, 0.29) is 11.1 Å². The van der Waals surface area contributed by atoms with E-state index in [1.54, 1.807) is 0 Å². The maximum Gasteiger partial charge on any atom is 0.0165 e. The summed E-state index contributed by atoms with van der Waals surface area (Å²) in [6.07, 6.45) is 6.86. The van der Waals surface area contributed by atoms with Gasteiger partial charge in [-0.25, -0.2) is 0 Å². The zero-order valence-electron chi connectivity index (χ0n) is 19.9. The Morgan fingerprint density at radius 2 is 1.36 bits per heavy atom. The smallest absolute Gasteiger partial charge is 0.0165 e. The standard InChI is InChI=1S/C22H52N6/c1-21(2,26-16-10-18-27(5)6)11-7-19-28(20-9-14-24)22(3,4)12-17-25-15-8-13-23/h25-26H,7-20,23-24H2,1-6H3. The summed E-state index contributed by atoms with van der Waals surface area (Å²) in [6, 6.07) is 0. The number of hydrogen-bond donors (Lipinski definition) is 4.